The molecule has 1 aliphatic rings. The molecule has 3 aromatic rings. The molecule has 32 heavy (non-hydrogen) atoms. The van der Waals surface area contributed by atoms with Gasteiger partial charge >= 0.3 is 0 Å². The fraction of sp³-hybridized carbons (Fsp3) is 0.200. The van der Waals surface area contributed by atoms with Crippen LogP contribution in [0.1, 0.15) is 37.3 Å². The van der Waals surface area contributed by atoms with E-state index in [1.54, 1.807) is 43.5 Å². The summed E-state index contributed by atoms with van der Waals surface area (Å²) in [6.07, 6.45) is 1.26. The van der Waals surface area contributed by atoms with E-state index in [-0.39, 0.29) is 11.8 Å². The van der Waals surface area contributed by atoms with Crippen LogP contribution in [-0.2, 0) is 0 Å². The molecule has 0 atom stereocenters. The predicted octanol–water partition coefficient (Wildman–Crippen LogP) is 6.07. The summed E-state index contributed by atoms with van der Waals surface area (Å²) >= 11 is 3.92. The first-order valence-corrected chi connectivity index (χ1v) is 12.4. The number of carbonyl (C=O) groups excluding carboxylic acids is 2. The average Bonchev–Trinajstić information content (AvgIpc) is 2.85. The second kappa shape index (κ2) is 10.6. The van der Waals surface area contributed by atoms with Crippen molar-refractivity contribution in [1.29, 1.82) is 0 Å². The van der Waals surface area contributed by atoms with E-state index >= 15 is 0 Å². The zero-order valence-corrected chi connectivity index (χ0v) is 19.3. The molecule has 3 aromatic carbocycles. The lowest BCUT2D eigenvalue weighted by Crippen LogP contribution is -2.14. The Morgan fingerprint density at radius 2 is 1.41 bits per heavy atom. The first-order valence-electron chi connectivity index (χ1n) is 10.3. The van der Waals surface area contributed by atoms with E-state index in [1.807, 2.05) is 59.9 Å². The number of methoxy groups -OCH3 is 1. The van der Waals surface area contributed by atoms with Gasteiger partial charge in [0.05, 0.1) is 17.4 Å². The molecule has 0 bridgehead atoms. The summed E-state index contributed by atoms with van der Waals surface area (Å²) in [5.41, 5.74) is 3.58. The molecule has 1 saturated heterocycles. The van der Waals surface area contributed by atoms with Crippen LogP contribution >= 0.6 is 23.5 Å². The Labute approximate surface area is 196 Å². The number of nitrogens with one attached hydrogen (secondary N) is 2. The molecular weight excluding hydrogens is 440 g/mol. The van der Waals surface area contributed by atoms with Gasteiger partial charge in [-0.2, -0.15) is 0 Å². The van der Waals surface area contributed by atoms with Gasteiger partial charge in [-0.1, -0.05) is 24.3 Å². The van der Waals surface area contributed by atoms with Crippen LogP contribution in [0, 0.1) is 0 Å². The molecule has 0 saturated carbocycles. The SMILES string of the molecule is COc1ccccc1NC(=O)c1ccc(NC(=O)c2ccc(C3SCCCS3)cc2)cc1. The maximum Gasteiger partial charge on any atom is 0.255 e. The van der Waals surface area contributed by atoms with Gasteiger partial charge in [0.25, 0.3) is 11.8 Å². The molecule has 164 valence electrons. The third kappa shape index (κ3) is 5.47. The first kappa shape index (κ1) is 22.3. The van der Waals surface area contributed by atoms with Gasteiger partial charge in [-0.25, -0.2) is 0 Å². The van der Waals surface area contributed by atoms with Gasteiger partial charge in [-0.05, 0) is 72.0 Å². The van der Waals surface area contributed by atoms with Crippen molar-refractivity contribution in [1.82, 2.24) is 0 Å². The van der Waals surface area contributed by atoms with Crippen molar-refractivity contribution in [3.63, 3.8) is 0 Å². The van der Waals surface area contributed by atoms with Crippen LogP contribution in [0.25, 0.3) is 0 Å². The van der Waals surface area contributed by atoms with Gasteiger partial charge in [0, 0.05) is 16.8 Å². The van der Waals surface area contributed by atoms with Crippen molar-refractivity contribution in [2.24, 2.45) is 0 Å². The monoisotopic (exact) mass is 464 g/mol. The minimum absolute atomic E-state index is 0.174. The molecule has 1 heterocycles. The minimum Gasteiger partial charge on any atom is -0.495 e. The van der Waals surface area contributed by atoms with Gasteiger partial charge in [0.15, 0.2) is 0 Å². The van der Waals surface area contributed by atoms with E-state index in [9.17, 15) is 9.59 Å². The summed E-state index contributed by atoms with van der Waals surface area (Å²) in [6, 6.07) is 21.9. The van der Waals surface area contributed by atoms with Crippen LogP contribution < -0.4 is 15.4 Å². The van der Waals surface area contributed by atoms with Gasteiger partial charge < -0.3 is 15.4 Å². The van der Waals surface area contributed by atoms with Crippen molar-refractivity contribution >= 4 is 46.7 Å². The third-order valence-corrected chi connectivity index (χ3v) is 8.05. The number of thioether (sulfide) groups is 2. The van der Waals surface area contributed by atoms with E-state index in [0.29, 0.717) is 32.8 Å². The Hall–Kier alpha value is -2.90. The minimum atomic E-state index is -0.249. The van der Waals surface area contributed by atoms with Crippen LogP contribution in [0.5, 0.6) is 5.75 Å². The molecule has 1 fully saturated rings. The molecule has 0 radical (unpaired) electrons. The zero-order valence-electron chi connectivity index (χ0n) is 17.7. The van der Waals surface area contributed by atoms with Crippen molar-refractivity contribution in [3.8, 4) is 5.75 Å². The van der Waals surface area contributed by atoms with Crippen LogP contribution in [0.4, 0.5) is 11.4 Å². The summed E-state index contributed by atoms with van der Waals surface area (Å²) in [7, 11) is 1.56. The average molecular weight is 465 g/mol. The fourth-order valence-corrected chi connectivity index (χ4v) is 6.22. The van der Waals surface area contributed by atoms with Gasteiger partial charge in [-0.3, -0.25) is 9.59 Å². The summed E-state index contributed by atoms with van der Waals surface area (Å²) in [5, 5.41) is 5.73. The van der Waals surface area contributed by atoms with Gasteiger partial charge in [-0.15, -0.1) is 23.5 Å². The Bertz CT molecular complexity index is 1080. The lowest BCUT2D eigenvalue weighted by Gasteiger charge is -2.21. The first-order chi connectivity index (χ1) is 15.6. The molecule has 1 aliphatic heterocycles. The summed E-state index contributed by atoms with van der Waals surface area (Å²) in [5.74, 6) is 2.55. The quantitative estimate of drug-likeness (QED) is 0.464. The number of para-hydroxylation sites is 2. The molecule has 2 N–H and O–H groups in total. The topological polar surface area (TPSA) is 67.4 Å². The number of amides is 2. The van der Waals surface area contributed by atoms with E-state index in [1.165, 1.54) is 23.5 Å². The van der Waals surface area contributed by atoms with Crippen molar-refractivity contribution in [3.05, 3.63) is 89.5 Å². The van der Waals surface area contributed by atoms with E-state index in [2.05, 4.69) is 10.6 Å². The summed E-state index contributed by atoms with van der Waals surface area (Å²) in [4.78, 5) is 25.2. The van der Waals surface area contributed by atoms with Gasteiger partial charge in [0.2, 0.25) is 0 Å². The van der Waals surface area contributed by atoms with E-state index in [4.69, 9.17) is 4.74 Å². The number of carbonyl (C=O) groups is 2. The smallest absolute Gasteiger partial charge is 0.255 e. The maximum atomic E-state index is 12.6. The molecule has 5 nitrogen and oxygen atoms in total. The van der Waals surface area contributed by atoms with Crippen LogP contribution in [0.15, 0.2) is 72.8 Å². The number of hydrogen-bond donors (Lipinski definition) is 2. The van der Waals surface area contributed by atoms with Crippen LogP contribution in [-0.4, -0.2) is 30.4 Å². The molecule has 0 aliphatic carbocycles. The van der Waals surface area contributed by atoms with Crippen LogP contribution in [0.2, 0.25) is 0 Å². The van der Waals surface area contributed by atoms with Crippen LogP contribution in [0.3, 0.4) is 0 Å². The Morgan fingerprint density at radius 3 is 2.06 bits per heavy atom. The number of hydrogen-bond acceptors (Lipinski definition) is 5. The molecule has 7 heteroatoms. The third-order valence-electron chi connectivity index (χ3n) is 5.03. The highest BCUT2D eigenvalue weighted by atomic mass is 32.2. The standard InChI is InChI=1S/C25H24N2O3S2/c1-30-22-6-3-2-5-21(22)27-24(29)18-11-13-20(14-12-18)26-23(28)17-7-9-19(10-8-17)25-31-15-4-16-32-25/h2-3,5-14,25H,4,15-16H2,1H3,(H,26,28)(H,27,29). The van der Waals surface area contributed by atoms with Crippen molar-refractivity contribution in [2.75, 3.05) is 29.2 Å². The maximum absolute atomic E-state index is 12.6. The molecule has 0 unspecified atom stereocenters. The number of benzene rings is 3. The molecule has 2 amide bonds. The zero-order chi connectivity index (χ0) is 22.3. The second-order valence-electron chi connectivity index (χ2n) is 7.23. The van der Waals surface area contributed by atoms with Crippen molar-refractivity contribution < 1.29 is 14.3 Å². The normalized spacial score (nSPS) is 13.9. The highest BCUT2D eigenvalue weighted by Gasteiger charge is 2.17. The summed E-state index contributed by atoms with van der Waals surface area (Å²) < 4.78 is 5.72. The summed E-state index contributed by atoms with van der Waals surface area (Å²) in [6.45, 7) is 0. The Balaban J connectivity index is 1.36. The lowest BCUT2D eigenvalue weighted by molar-refractivity contribution is 0.101. The second-order valence-corrected chi connectivity index (χ2v) is 9.96. The van der Waals surface area contributed by atoms with Crippen molar-refractivity contribution in [2.45, 2.75) is 11.0 Å². The number of rotatable bonds is 6. The number of anilines is 2. The predicted molar refractivity (Wildman–Crippen MR) is 134 cm³/mol. The Kier molecular flexibility index (Phi) is 7.39. The highest BCUT2D eigenvalue weighted by Crippen LogP contribution is 2.43. The van der Waals surface area contributed by atoms with E-state index < -0.39 is 0 Å². The fourth-order valence-electron chi connectivity index (χ4n) is 3.32. The molecule has 4 rings (SSSR count). The van der Waals surface area contributed by atoms with Gasteiger partial charge in [0.1, 0.15) is 5.75 Å². The molecule has 0 spiro atoms. The molecular formula is C25H24N2O3S2. The highest BCUT2D eigenvalue weighted by molar-refractivity contribution is 8.16. The largest absolute Gasteiger partial charge is 0.495 e. The van der Waals surface area contributed by atoms with E-state index in [0.717, 1.165) is 0 Å². The number of ether oxygens (including phenoxy) is 1. The molecule has 0 aromatic heterocycles. The Morgan fingerprint density at radius 1 is 0.812 bits per heavy atom. The lowest BCUT2D eigenvalue weighted by atomic mass is 10.1.